The summed E-state index contributed by atoms with van der Waals surface area (Å²) in [6, 6.07) is 13.5. The van der Waals surface area contributed by atoms with Crippen LogP contribution in [0.4, 0.5) is 11.4 Å². The smallest absolute Gasteiger partial charge is 0.271 e. The van der Waals surface area contributed by atoms with Crippen molar-refractivity contribution in [1.82, 2.24) is 14.8 Å². The lowest BCUT2D eigenvalue weighted by molar-refractivity contribution is -0.384. The van der Waals surface area contributed by atoms with Crippen molar-refractivity contribution in [3.63, 3.8) is 0 Å². The normalized spacial score (nSPS) is 11.8. The number of thioether (sulfide) groups is 1. The van der Waals surface area contributed by atoms with E-state index in [0.717, 1.165) is 5.69 Å². The molecule has 2 aromatic carbocycles. The van der Waals surface area contributed by atoms with Gasteiger partial charge in [-0.05, 0) is 32.0 Å². The van der Waals surface area contributed by atoms with Crippen LogP contribution < -0.4 is 5.32 Å². The molecule has 28 heavy (non-hydrogen) atoms. The predicted molar refractivity (Wildman–Crippen MR) is 108 cm³/mol. The zero-order valence-corrected chi connectivity index (χ0v) is 16.6. The Morgan fingerprint density at radius 3 is 2.64 bits per heavy atom. The van der Waals surface area contributed by atoms with Crippen LogP contribution in [0.15, 0.2) is 53.7 Å². The minimum Gasteiger partial charge on any atom is -0.324 e. The number of aryl methyl sites for hydroxylation is 1. The highest BCUT2D eigenvalue weighted by atomic mass is 35.5. The van der Waals surface area contributed by atoms with Crippen molar-refractivity contribution in [3.8, 4) is 5.69 Å². The lowest BCUT2D eigenvalue weighted by Gasteiger charge is -2.14. The molecule has 1 atom stereocenters. The number of nitrogens with zero attached hydrogens (tertiary/aromatic N) is 4. The van der Waals surface area contributed by atoms with E-state index < -0.39 is 10.2 Å². The highest BCUT2D eigenvalue weighted by Gasteiger charge is 2.21. The van der Waals surface area contributed by atoms with Crippen molar-refractivity contribution >= 4 is 40.6 Å². The fourth-order valence-corrected chi connectivity index (χ4v) is 3.54. The van der Waals surface area contributed by atoms with Gasteiger partial charge in [-0.25, -0.2) is 0 Å². The highest BCUT2D eigenvalue weighted by molar-refractivity contribution is 8.00. The molecule has 1 aromatic heterocycles. The number of rotatable bonds is 6. The van der Waals surface area contributed by atoms with E-state index in [1.807, 2.05) is 41.8 Å². The van der Waals surface area contributed by atoms with Crippen LogP contribution in [-0.4, -0.2) is 30.8 Å². The van der Waals surface area contributed by atoms with Gasteiger partial charge in [0.25, 0.3) is 5.69 Å². The molecule has 3 rings (SSSR count). The van der Waals surface area contributed by atoms with E-state index in [0.29, 0.717) is 11.0 Å². The zero-order valence-electron chi connectivity index (χ0n) is 15.0. The molecule has 8 nitrogen and oxygen atoms in total. The first kappa shape index (κ1) is 19.8. The Morgan fingerprint density at radius 2 is 1.96 bits per heavy atom. The van der Waals surface area contributed by atoms with Crippen molar-refractivity contribution < 1.29 is 9.72 Å². The van der Waals surface area contributed by atoms with E-state index in [9.17, 15) is 14.9 Å². The predicted octanol–water partition coefficient (Wildman–Crippen LogP) is 4.26. The Morgan fingerprint density at radius 1 is 1.25 bits per heavy atom. The summed E-state index contributed by atoms with van der Waals surface area (Å²) < 4.78 is 1.86. The molecule has 0 saturated heterocycles. The first-order chi connectivity index (χ1) is 13.4. The molecular weight excluding hydrogens is 402 g/mol. The third-order valence-electron chi connectivity index (χ3n) is 3.88. The second-order valence-corrected chi connectivity index (χ2v) is 7.59. The van der Waals surface area contributed by atoms with Crippen molar-refractivity contribution in [2.45, 2.75) is 24.3 Å². The van der Waals surface area contributed by atoms with Crippen molar-refractivity contribution in [3.05, 3.63) is 69.5 Å². The number of anilines is 1. The lowest BCUT2D eigenvalue weighted by Crippen LogP contribution is -2.23. The fraction of sp³-hybridized carbons (Fsp3) is 0.167. The van der Waals surface area contributed by atoms with Crippen LogP contribution in [0.1, 0.15) is 12.7 Å². The number of hydrogen-bond donors (Lipinski definition) is 1. The SMILES string of the molecule is Cc1nnc(SC(C)C(=O)Nc2cc([N+](=O)[O-])ccc2Cl)n1-c1ccccc1. The molecule has 0 aliphatic heterocycles. The maximum atomic E-state index is 12.6. The standard InChI is InChI=1S/C18H16ClN5O3S/c1-11(17(25)20-16-10-14(24(26)27)8-9-15(16)19)28-18-22-21-12(2)23(18)13-6-4-3-5-7-13/h3-11H,1-2H3,(H,20,25). The molecule has 1 heterocycles. The molecule has 1 N–H and O–H groups in total. The van der Waals surface area contributed by atoms with Crippen LogP contribution in [0.3, 0.4) is 0 Å². The van der Waals surface area contributed by atoms with Crippen LogP contribution in [0, 0.1) is 17.0 Å². The van der Waals surface area contributed by atoms with Crippen LogP contribution >= 0.6 is 23.4 Å². The van der Waals surface area contributed by atoms with E-state index in [4.69, 9.17) is 11.6 Å². The molecule has 1 unspecified atom stereocenters. The minimum atomic E-state index is -0.546. The molecule has 0 spiro atoms. The number of halogens is 1. The molecule has 0 fully saturated rings. The molecule has 0 aliphatic carbocycles. The fourth-order valence-electron chi connectivity index (χ4n) is 2.46. The number of non-ortho nitro benzene ring substituents is 1. The average molecular weight is 418 g/mol. The van der Waals surface area contributed by atoms with Gasteiger partial charge >= 0.3 is 0 Å². The summed E-state index contributed by atoms with van der Waals surface area (Å²) in [5, 5.41) is 22.1. The number of benzene rings is 2. The van der Waals surface area contributed by atoms with Gasteiger partial charge in [0.15, 0.2) is 5.16 Å². The highest BCUT2D eigenvalue weighted by Crippen LogP contribution is 2.29. The summed E-state index contributed by atoms with van der Waals surface area (Å²) in [7, 11) is 0. The Balaban J connectivity index is 1.78. The lowest BCUT2D eigenvalue weighted by atomic mass is 10.2. The molecule has 10 heteroatoms. The van der Waals surface area contributed by atoms with Crippen LogP contribution in [0.5, 0.6) is 0 Å². The summed E-state index contributed by atoms with van der Waals surface area (Å²) >= 11 is 7.28. The van der Waals surface area contributed by atoms with E-state index in [1.165, 1.54) is 30.0 Å². The van der Waals surface area contributed by atoms with Crippen LogP contribution in [-0.2, 0) is 4.79 Å². The third-order valence-corrected chi connectivity index (χ3v) is 5.25. The Labute approximate surface area is 170 Å². The number of amides is 1. The topological polar surface area (TPSA) is 103 Å². The van der Waals surface area contributed by atoms with Gasteiger partial charge in [0, 0.05) is 17.8 Å². The molecule has 0 saturated carbocycles. The van der Waals surface area contributed by atoms with Gasteiger partial charge in [0.1, 0.15) is 5.82 Å². The van der Waals surface area contributed by atoms with E-state index in [-0.39, 0.29) is 22.3 Å². The van der Waals surface area contributed by atoms with Crippen LogP contribution in [0.2, 0.25) is 5.02 Å². The van der Waals surface area contributed by atoms with Crippen molar-refractivity contribution in [1.29, 1.82) is 0 Å². The van der Waals surface area contributed by atoms with Gasteiger partial charge in [-0.15, -0.1) is 10.2 Å². The van der Waals surface area contributed by atoms with E-state index in [1.54, 1.807) is 6.92 Å². The maximum Gasteiger partial charge on any atom is 0.271 e. The second-order valence-electron chi connectivity index (χ2n) is 5.87. The molecule has 1 amide bonds. The van der Waals surface area contributed by atoms with Crippen molar-refractivity contribution in [2.24, 2.45) is 0 Å². The zero-order chi connectivity index (χ0) is 20.3. The number of nitro groups is 1. The number of carbonyl (C=O) groups excluding carboxylic acids is 1. The van der Waals surface area contributed by atoms with Gasteiger partial charge < -0.3 is 5.32 Å². The maximum absolute atomic E-state index is 12.6. The quantitative estimate of drug-likeness (QED) is 0.365. The Bertz CT molecular complexity index is 1030. The van der Waals surface area contributed by atoms with Gasteiger partial charge in [-0.2, -0.15) is 0 Å². The molecule has 144 valence electrons. The molecule has 0 aliphatic rings. The largest absolute Gasteiger partial charge is 0.324 e. The summed E-state index contributed by atoms with van der Waals surface area (Å²) in [6.07, 6.45) is 0. The Kier molecular flexibility index (Phi) is 5.96. The second kappa shape index (κ2) is 8.41. The summed E-state index contributed by atoms with van der Waals surface area (Å²) in [6.45, 7) is 3.54. The van der Waals surface area contributed by atoms with Crippen molar-refractivity contribution in [2.75, 3.05) is 5.32 Å². The molecule has 0 radical (unpaired) electrons. The number of aromatic nitrogens is 3. The molecular formula is C18H16ClN5O3S. The first-order valence-electron chi connectivity index (χ1n) is 8.25. The summed E-state index contributed by atoms with van der Waals surface area (Å²) in [5.41, 5.74) is 0.926. The Hall–Kier alpha value is -2.91. The third kappa shape index (κ3) is 4.32. The number of nitro benzene ring substituents is 1. The number of para-hydroxylation sites is 1. The monoisotopic (exact) mass is 417 g/mol. The van der Waals surface area contributed by atoms with Gasteiger partial charge in [-0.1, -0.05) is 41.6 Å². The summed E-state index contributed by atoms with van der Waals surface area (Å²) in [4.78, 5) is 23.0. The summed E-state index contributed by atoms with van der Waals surface area (Å²) in [5.74, 6) is 0.343. The molecule has 3 aromatic rings. The number of nitrogens with one attached hydrogen (secondary N) is 1. The van der Waals surface area contributed by atoms with E-state index >= 15 is 0 Å². The van der Waals surface area contributed by atoms with E-state index in [2.05, 4.69) is 15.5 Å². The average Bonchev–Trinajstić information content (AvgIpc) is 3.04. The van der Waals surface area contributed by atoms with Crippen LogP contribution in [0.25, 0.3) is 5.69 Å². The van der Waals surface area contributed by atoms with Gasteiger partial charge in [0.2, 0.25) is 5.91 Å². The minimum absolute atomic E-state index is 0.153. The molecule has 0 bridgehead atoms. The number of carbonyl (C=O) groups is 1. The van der Waals surface area contributed by atoms with Gasteiger partial charge in [-0.3, -0.25) is 19.5 Å². The number of hydrogen-bond acceptors (Lipinski definition) is 6. The van der Waals surface area contributed by atoms with Gasteiger partial charge in [0.05, 0.1) is 20.9 Å². The first-order valence-corrected chi connectivity index (χ1v) is 9.51.